The number of nitrogens with zero attached hydrogens (tertiary/aromatic N) is 2. The molecule has 8 heteroatoms. The van der Waals surface area contributed by atoms with E-state index in [-0.39, 0.29) is 0 Å². The van der Waals surface area contributed by atoms with Crippen LogP contribution >= 0.6 is 0 Å². The molecule has 0 aliphatic carbocycles. The Morgan fingerprint density at radius 3 is 2.75 bits per heavy atom. The lowest BCUT2D eigenvalue weighted by Gasteiger charge is -2.07. The molecular weight excluding hydrogens is 192 g/mol. The molecule has 0 amide bonds. The minimum atomic E-state index is -2.68. The minimum Gasteiger partial charge on any atom is -0.755 e. The van der Waals surface area contributed by atoms with Crippen molar-refractivity contribution in [1.82, 2.24) is 9.97 Å². The Morgan fingerprint density at radius 1 is 1.58 bits per heavy atom. The van der Waals surface area contributed by atoms with E-state index in [1.165, 1.54) is 0 Å². The van der Waals surface area contributed by atoms with E-state index in [0.29, 0.717) is 6.20 Å². The van der Waals surface area contributed by atoms with E-state index in [2.05, 4.69) is 9.97 Å². The molecule has 0 aromatic carbocycles. The smallest absolute Gasteiger partial charge is 0.311 e. The molecule has 0 aliphatic heterocycles. The molecule has 1 aromatic heterocycles. The van der Waals surface area contributed by atoms with Crippen LogP contribution < -0.4 is 4.72 Å². The van der Waals surface area contributed by atoms with Crippen LogP contribution in [-0.4, -0.2) is 18.7 Å². The predicted molar refractivity (Wildman–Crippen MR) is 34.5 cm³/mol. The second-order valence-corrected chi connectivity index (χ2v) is 2.35. The Hall–Kier alpha value is -1.15. The molecule has 0 bridgehead atoms. The van der Waals surface area contributed by atoms with Crippen molar-refractivity contribution in [2.24, 2.45) is 0 Å². The van der Waals surface area contributed by atoms with Gasteiger partial charge in [-0.1, -0.05) is 0 Å². The summed E-state index contributed by atoms with van der Waals surface area (Å²) in [6, 6.07) is 0. The summed E-state index contributed by atoms with van der Waals surface area (Å²) < 4.78 is 46.1. The molecule has 1 heterocycles. The number of hydrogen-bond acceptors (Lipinski definition) is 4. The average Bonchev–Trinajstić information content (AvgIpc) is 1.94. The summed E-state index contributed by atoms with van der Waals surface area (Å²) in [5.41, 5.74) is -0.496. The van der Waals surface area contributed by atoms with Crippen molar-refractivity contribution >= 4 is 17.0 Å². The van der Waals surface area contributed by atoms with Gasteiger partial charge in [-0.25, -0.2) is 4.98 Å². The van der Waals surface area contributed by atoms with Gasteiger partial charge in [0.05, 0.1) is 6.20 Å². The maximum atomic E-state index is 12.5. The summed E-state index contributed by atoms with van der Waals surface area (Å²) >= 11 is -2.68. The van der Waals surface area contributed by atoms with Gasteiger partial charge in [0.25, 0.3) is 0 Å². The first-order valence-corrected chi connectivity index (χ1v) is 3.71. The summed E-state index contributed by atoms with van der Waals surface area (Å²) in [6.45, 7) is 0. The molecule has 5 nitrogen and oxygen atoms in total. The van der Waals surface area contributed by atoms with Crippen molar-refractivity contribution in [3.8, 4) is 0 Å². The Labute approximate surface area is 68.3 Å². The third kappa shape index (κ3) is 2.17. The van der Waals surface area contributed by atoms with Crippen LogP contribution in [0.15, 0.2) is 6.20 Å². The highest BCUT2D eigenvalue weighted by Crippen LogP contribution is 2.08. The molecule has 12 heavy (non-hydrogen) atoms. The van der Waals surface area contributed by atoms with E-state index in [1.807, 2.05) is 0 Å². The van der Waals surface area contributed by atoms with Gasteiger partial charge in [-0.05, 0) is 0 Å². The van der Waals surface area contributed by atoms with E-state index in [4.69, 9.17) is 0 Å². The predicted octanol–water partition coefficient (Wildman–Crippen LogP) is -0.0392. The Balaban J connectivity index is 2.93. The molecule has 0 aliphatic rings. The molecular formula is C4H2F2N3O2S-. The zero-order valence-electron chi connectivity index (χ0n) is 5.45. The van der Waals surface area contributed by atoms with Crippen molar-refractivity contribution in [2.45, 2.75) is 0 Å². The fraction of sp³-hybridized carbons (Fsp3) is 0. The zero-order chi connectivity index (χ0) is 9.14. The Bertz CT molecular complexity index is 321. The van der Waals surface area contributed by atoms with Crippen molar-refractivity contribution in [3.05, 3.63) is 18.2 Å². The number of anilines is 1. The van der Waals surface area contributed by atoms with Gasteiger partial charge in [-0.3, -0.25) is 4.21 Å². The van der Waals surface area contributed by atoms with Gasteiger partial charge in [-0.15, -0.1) is 0 Å². The quantitative estimate of drug-likeness (QED) is 0.407. The third-order valence-corrected chi connectivity index (χ3v) is 1.29. The van der Waals surface area contributed by atoms with E-state index in [1.54, 1.807) is 4.72 Å². The van der Waals surface area contributed by atoms with Gasteiger partial charge >= 0.3 is 6.08 Å². The lowest BCUT2D eigenvalue weighted by molar-refractivity contribution is 0.484. The number of hydrogen-bond donors (Lipinski definition) is 1. The summed E-state index contributed by atoms with van der Waals surface area (Å²) in [6.07, 6.45) is -0.567. The number of halogens is 2. The highest BCUT2D eigenvalue weighted by atomic mass is 32.2. The second-order valence-electron chi connectivity index (χ2n) is 1.68. The maximum absolute atomic E-state index is 12.5. The fourth-order valence-corrected chi connectivity index (χ4v) is 0.816. The van der Waals surface area contributed by atoms with Gasteiger partial charge in [-0.2, -0.15) is 13.8 Å². The Morgan fingerprint density at radius 2 is 2.25 bits per heavy atom. The van der Waals surface area contributed by atoms with Crippen molar-refractivity contribution in [1.29, 1.82) is 0 Å². The first-order valence-electron chi connectivity index (χ1n) is 2.63. The molecule has 0 saturated carbocycles. The molecule has 1 unspecified atom stereocenters. The lowest BCUT2D eigenvalue weighted by atomic mass is 10.5. The van der Waals surface area contributed by atoms with Gasteiger partial charge < -0.3 is 9.27 Å². The van der Waals surface area contributed by atoms with Gasteiger partial charge in [0.1, 0.15) is 5.69 Å². The molecule has 66 valence electrons. The molecule has 0 radical (unpaired) electrons. The van der Waals surface area contributed by atoms with Crippen LogP contribution in [0.25, 0.3) is 0 Å². The molecule has 0 fully saturated rings. The number of rotatable bonds is 2. The summed E-state index contributed by atoms with van der Waals surface area (Å²) in [7, 11) is 0. The first kappa shape index (κ1) is 8.94. The van der Waals surface area contributed by atoms with Crippen LogP contribution in [0, 0.1) is 12.0 Å². The average molecular weight is 194 g/mol. The van der Waals surface area contributed by atoms with E-state index >= 15 is 0 Å². The summed E-state index contributed by atoms with van der Waals surface area (Å²) in [5, 5.41) is 0. The van der Waals surface area contributed by atoms with Crippen LogP contribution in [0.3, 0.4) is 0 Å². The summed E-state index contributed by atoms with van der Waals surface area (Å²) in [4.78, 5) is 5.59. The molecule has 0 saturated heterocycles. The number of aromatic nitrogens is 2. The first-order chi connectivity index (χ1) is 5.59. The highest BCUT2D eigenvalue weighted by Gasteiger charge is 2.04. The topological polar surface area (TPSA) is 77.9 Å². The zero-order valence-corrected chi connectivity index (χ0v) is 6.27. The third-order valence-electron chi connectivity index (χ3n) is 0.906. The van der Waals surface area contributed by atoms with Crippen molar-refractivity contribution in [3.63, 3.8) is 0 Å². The molecule has 1 aromatic rings. The molecule has 1 rings (SSSR count). The Kier molecular flexibility index (Phi) is 2.61. The monoisotopic (exact) mass is 194 g/mol. The summed E-state index contributed by atoms with van der Waals surface area (Å²) in [5.74, 6) is -1.26. The van der Waals surface area contributed by atoms with Gasteiger partial charge in [0.2, 0.25) is 5.95 Å². The molecule has 1 N–H and O–H groups in total. The molecule has 1 atom stereocenters. The van der Waals surface area contributed by atoms with Crippen LogP contribution in [0.2, 0.25) is 0 Å². The van der Waals surface area contributed by atoms with Crippen LogP contribution in [-0.2, 0) is 11.3 Å². The van der Waals surface area contributed by atoms with Gasteiger partial charge in [0, 0.05) is 11.3 Å². The lowest BCUT2D eigenvalue weighted by Crippen LogP contribution is -2.07. The largest absolute Gasteiger partial charge is 0.755 e. The maximum Gasteiger partial charge on any atom is 0.311 e. The van der Waals surface area contributed by atoms with Crippen LogP contribution in [0.1, 0.15) is 0 Å². The van der Waals surface area contributed by atoms with E-state index in [9.17, 15) is 17.5 Å². The number of nitrogens with one attached hydrogen (secondary N) is 1. The van der Waals surface area contributed by atoms with Gasteiger partial charge in [0.15, 0.2) is 0 Å². The van der Waals surface area contributed by atoms with Crippen LogP contribution in [0.5, 0.6) is 0 Å². The SMILES string of the molecule is O=S([O-])Nc1cnc(F)nc1F. The van der Waals surface area contributed by atoms with E-state index < -0.39 is 29.0 Å². The van der Waals surface area contributed by atoms with Crippen LogP contribution in [0.4, 0.5) is 14.5 Å². The normalized spacial score (nSPS) is 12.6. The molecule has 0 spiro atoms. The highest BCUT2D eigenvalue weighted by molar-refractivity contribution is 7.80. The van der Waals surface area contributed by atoms with Crippen molar-refractivity contribution < 1.29 is 17.5 Å². The fourth-order valence-electron chi connectivity index (χ4n) is 0.499. The second kappa shape index (κ2) is 3.50. The van der Waals surface area contributed by atoms with E-state index in [0.717, 1.165) is 0 Å². The minimum absolute atomic E-state index is 0.496. The standard InChI is InChI=1S/C4H3F2N3O2S/c5-3-2(9-12(10)11)1-7-4(6)8-3/h1,9H,(H,10,11)/p-1. The van der Waals surface area contributed by atoms with Crippen molar-refractivity contribution in [2.75, 3.05) is 4.72 Å².